The molecule has 2 unspecified atom stereocenters. The maximum atomic E-state index is 10.7. The normalized spacial score (nSPS) is 32.2. The summed E-state index contributed by atoms with van der Waals surface area (Å²) in [6.07, 6.45) is 1.87. The number of hydrogen-bond acceptors (Lipinski definition) is 2. The summed E-state index contributed by atoms with van der Waals surface area (Å²) in [4.78, 5) is 21.1. The number of carboxylic acids is 1. The van der Waals surface area contributed by atoms with Gasteiger partial charge in [0.1, 0.15) is 5.54 Å². The summed E-state index contributed by atoms with van der Waals surface area (Å²) in [7, 11) is 4.83. The van der Waals surface area contributed by atoms with Gasteiger partial charge in [0, 0.05) is 5.92 Å². The van der Waals surface area contributed by atoms with Crippen LogP contribution in [0.25, 0.3) is 0 Å². The second kappa shape index (κ2) is 2.66. The molecule has 0 bridgehead atoms. The van der Waals surface area contributed by atoms with Crippen LogP contribution in [0.15, 0.2) is 12.7 Å². The second-order valence-corrected chi connectivity index (χ2v) is 2.81. The molecule has 0 spiro atoms. The third kappa shape index (κ3) is 1.22. The van der Waals surface area contributed by atoms with E-state index in [1.54, 1.807) is 0 Å². The summed E-state index contributed by atoms with van der Waals surface area (Å²) >= 11 is 0. The van der Waals surface area contributed by atoms with Crippen LogP contribution in [0.2, 0.25) is 0 Å². The Morgan fingerprint density at radius 3 is 2.58 bits per heavy atom. The average Bonchev–Trinajstić information content (AvgIpc) is 2.62. The van der Waals surface area contributed by atoms with Crippen molar-refractivity contribution in [3.8, 4) is 0 Å². The number of amides is 1. The number of rotatable bonds is 3. The second-order valence-electron chi connectivity index (χ2n) is 2.81. The highest BCUT2D eigenvalue weighted by Gasteiger charge is 2.59. The van der Waals surface area contributed by atoms with E-state index in [2.05, 4.69) is 11.9 Å². The number of nitrogens with one attached hydrogen (secondary N) is 1. The van der Waals surface area contributed by atoms with Crippen molar-refractivity contribution >= 4 is 19.6 Å². The number of carbonyl (C=O) groups excluding carboxylic acids is 1. The smallest absolute Gasteiger partial charge is 0.330 e. The fourth-order valence-electron chi connectivity index (χ4n) is 1.24. The van der Waals surface area contributed by atoms with Gasteiger partial charge in [-0.25, -0.2) is 4.79 Å². The molecular formula is C7H8BNO3. The molecule has 1 aliphatic rings. The zero-order valence-corrected chi connectivity index (χ0v) is 6.41. The Balaban J connectivity index is 2.71. The van der Waals surface area contributed by atoms with Crippen molar-refractivity contribution in [2.75, 3.05) is 0 Å². The monoisotopic (exact) mass is 165 g/mol. The van der Waals surface area contributed by atoms with Gasteiger partial charge in [0.15, 0.2) is 5.81 Å². The molecule has 12 heavy (non-hydrogen) atoms. The molecule has 1 aliphatic carbocycles. The van der Waals surface area contributed by atoms with E-state index in [1.165, 1.54) is 6.08 Å². The summed E-state index contributed by atoms with van der Waals surface area (Å²) in [5.74, 6) is -2.09. The average molecular weight is 165 g/mol. The SMILES string of the molecule is [B]C(=O)NC1(C(=O)O)CC1C=C. The molecule has 0 aliphatic heterocycles. The van der Waals surface area contributed by atoms with Crippen molar-refractivity contribution in [2.24, 2.45) is 5.92 Å². The van der Waals surface area contributed by atoms with E-state index >= 15 is 0 Å². The molecular weight excluding hydrogens is 157 g/mol. The molecule has 5 heteroatoms. The lowest BCUT2D eigenvalue weighted by Gasteiger charge is -2.11. The van der Waals surface area contributed by atoms with Crippen molar-refractivity contribution in [3.63, 3.8) is 0 Å². The topological polar surface area (TPSA) is 66.4 Å². The molecule has 0 aromatic heterocycles. The highest BCUT2D eigenvalue weighted by molar-refractivity contribution is 6.57. The Bertz CT molecular complexity index is 253. The molecule has 2 N–H and O–H groups in total. The van der Waals surface area contributed by atoms with E-state index in [4.69, 9.17) is 13.0 Å². The highest BCUT2D eigenvalue weighted by Crippen LogP contribution is 2.44. The van der Waals surface area contributed by atoms with E-state index in [9.17, 15) is 9.59 Å². The minimum atomic E-state index is -1.19. The third-order valence-electron chi connectivity index (χ3n) is 2.03. The summed E-state index contributed by atoms with van der Waals surface area (Å²) in [5.41, 5.74) is -1.19. The fourth-order valence-corrected chi connectivity index (χ4v) is 1.24. The zero-order valence-electron chi connectivity index (χ0n) is 6.41. The van der Waals surface area contributed by atoms with Crippen LogP contribution in [-0.2, 0) is 4.79 Å². The van der Waals surface area contributed by atoms with E-state index in [0.29, 0.717) is 6.42 Å². The van der Waals surface area contributed by atoms with Crippen LogP contribution in [-0.4, -0.2) is 30.3 Å². The lowest BCUT2D eigenvalue weighted by atomic mass is 10.1. The number of carboxylic acid groups (broad SMARTS) is 1. The molecule has 1 rings (SSSR count). The molecule has 2 atom stereocenters. The molecule has 1 saturated carbocycles. The molecule has 0 aromatic rings. The first-order chi connectivity index (χ1) is 5.53. The minimum absolute atomic E-state index is 0.206. The van der Waals surface area contributed by atoms with E-state index in [0.717, 1.165) is 0 Å². The standard InChI is InChI=1S/C7H8BNO3/c1-2-4-3-7(4,5(10)11)9-6(8)12/h2,4H,1,3H2,(H,9,12)(H,10,11). The van der Waals surface area contributed by atoms with Gasteiger partial charge < -0.3 is 10.4 Å². The van der Waals surface area contributed by atoms with Crippen LogP contribution in [0.4, 0.5) is 4.79 Å². The van der Waals surface area contributed by atoms with Gasteiger partial charge in [-0.3, -0.25) is 4.79 Å². The third-order valence-corrected chi connectivity index (χ3v) is 2.03. The molecule has 62 valence electrons. The van der Waals surface area contributed by atoms with Crippen molar-refractivity contribution in [1.29, 1.82) is 0 Å². The highest BCUT2D eigenvalue weighted by atomic mass is 16.4. The Hall–Kier alpha value is -1.26. The lowest BCUT2D eigenvalue weighted by Crippen LogP contribution is -2.44. The fraction of sp³-hybridized carbons (Fsp3) is 0.429. The Morgan fingerprint density at radius 1 is 1.75 bits per heavy atom. The van der Waals surface area contributed by atoms with Crippen LogP contribution in [0.3, 0.4) is 0 Å². The summed E-state index contributed by atoms with van der Waals surface area (Å²) < 4.78 is 0. The predicted molar refractivity (Wildman–Crippen MR) is 43.0 cm³/mol. The summed E-state index contributed by atoms with van der Waals surface area (Å²) in [6, 6.07) is 0. The largest absolute Gasteiger partial charge is 0.479 e. The summed E-state index contributed by atoms with van der Waals surface area (Å²) in [5, 5.41) is 10.9. The maximum absolute atomic E-state index is 10.7. The van der Waals surface area contributed by atoms with Crippen molar-refractivity contribution < 1.29 is 14.7 Å². The van der Waals surface area contributed by atoms with Gasteiger partial charge in [0.2, 0.25) is 7.85 Å². The van der Waals surface area contributed by atoms with Gasteiger partial charge in [-0.15, -0.1) is 6.58 Å². The molecule has 4 nitrogen and oxygen atoms in total. The van der Waals surface area contributed by atoms with Crippen molar-refractivity contribution in [3.05, 3.63) is 12.7 Å². The van der Waals surface area contributed by atoms with E-state index < -0.39 is 17.3 Å². The van der Waals surface area contributed by atoms with Crippen LogP contribution < -0.4 is 5.32 Å². The Morgan fingerprint density at radius 2 is 2.33 bits per heavy atom. The van der Waals surface area contributed by atoms with E-state index in [-0.39, 0.29) is 5.92 Å². The van der Waals surface area contributed by atoms with Crippen molar-refractivity contribution in [2.45, 2.75) is 12.0 Å². The molecule has 1 fully saturated rings. The first kappa shape index (κ1) is 8.84. The zero-order chi connectivity index (χ0) is 9.35. The first-order valence-corrected chi connectivity index (χ1v) is 3.46. The number of carbonyl (C=O) groups is 2. The van der Waals surface area contributed by atoms with Crippen molar-refractivity contribution in [1.82, 2.24) is 5.32 Å². The van der Waals surface area contributed by atoms with Gasteiger partial charge in [0.25, 0.3) is 0 Å². The van der Waals surface area contributed by atoms with Crippen LogP contribution in [0.5, 0.6) is 0 Å². The molecule has 0 aromatic carbocycles. The Labute approximate surface area is 71.1 Å². The number of aliphatic carboxylic acids is 1. The van der Waals surface area contributed by atoms with Gasteiger partial charge in [-0.05, 0) is 6.42 Å². The summed E-state index contributed by atoms with van der Waals surface area (Å²) in [6.45, 7) is 3.45. The first-order valence-electron chi connectivity index (χ1n) is 3.46. The number of hydrogen-bond donors (Lipinski definition) is 2. The van der Waals surface area contributed by atoms with Crippen LogP contribution in [0, 0.1) is 5.92 Å². The van der Waals surface area contributed by atoms with Gasteiger partial charge in [0.05, 0.1) is 0 Å². The predicted octanol–water partition coefficient (Wildman–Crippen LogP) is -0.106. The minimum Gasteiger partial charge on any atom is -0.479 e. The van der Waals surface area contributed by atoms with Gasteiger partial charge >= 0.3 is 5.97 Å². The van der Waals surface area contributed by atoms with Crippen LogP contribution in [0.1, 0.15) is 6.42 Å². The molecule has 0 heterocycles. The van der Waals surface area contributed by atoms with Gasteiger partial charge in [-0.2, -0.15) is 0 Å². The Kier molecular flexibility index (Phi) is 1.96. The molecule has 2 radical (unpaired) electrons. The molecule has 1 amide bonds. The quantitative estimate of drug-likeness (QED) is 0.453. The maximum Gasteiger partial charge on any atom is 0.330 e. The van der Waals surface area contributed by atoms with Gasteiger partial charge in [-0.1, -0.05) is 6.08 Å². The lowest BCUT2D eigenvalue weighted by molar-refractivity contribution is -0.140. The van der Waals surface area contributed by atoms with E-state index in [1.807, 2.05) is 0 Å². The molecule has 0 saturated heterocycles. The van der Waals surface area contributed by atoms with Crippen LogP contribution >= 0.6 is 0 Å².